The van der Waals surface area contributed by atoms with Gasteiger partial charge in [0.2, 0.25) is 11.7 Å². The molecule has 0 radical (unpaired) electrons. The van der Waals surface area contributed by atoms with E-state index in [1.165, 1.54) is 5.56 Å². The number of fused-ring (bicyclic) bond motifs is 1. The summed E-state index contributed by atoms with van der Waals surface area (Å²) in [6.45, 7) is 0.890. The molecule has 0 aliphatic rings. The maximum Gasteiger partial charge on any atom is 0.323 e. The zero-order valence-corrected chi connectivity index (χ0v) is 14.6. The van der Waals surface area contributed by atoms with E-state index in [0.717, 1.165) is 28.7 Å². The lowest BCUT2D eigenvalue weighted by atomic mass is 10.1. The van der Waals surface area contributed by atoms with E-state index < -0.39 is 0 Å². The van der Waals surface area contributed by atoms with Gasteiger partial charge >= 0.3 is 5.69 Å². The second kappa shape index (κ2) is 6.61. The summed E-state index contributed by atoms with van der Waals surface area (Å²) in [6.07, 6.45) is 0.509. The summed E-state index contributed by atoms with van der Waals surface area (Å²) in [4.78, 5) is 23.4. The Morgan fingerprint density at radius 2 is 1.73 bits per heavy atom. The molecule has 0 spiro atoms. The lowest BCUT2D eigenvalue weighted by molar-refractivity contribution is 0.385. The Balaban J connectivity index is 1.52. The molecule has 0 aliphatic heterocycles. The number of rotatable bonds is 5. The molecular formula is C19H19N5O2. The number of H-pyrrole nitrogens is 2. The molecule has 0 fully saturated rings. The van der Waals surface area contributed by atoms with Crippen LogP contribution in [0.3, 0.4) is 0 Å². The summed E-state index contributed by atoms with van der Waals surface area (Å²) >= 11 is 0. The second-order valence-electron chi connectivity index (χ2n) is 6.58. The topological polar surface area (TPSA) is 90.8 Å². The first-order chi connectivity index (χ1) is 12.6. The molecule has 132 valence electrons. The third kappa shape index (κ3) is 3.43. The van der Waals surface area contributed by atoms with Crippen LogP contribution < -0.4 is 5.69 Å². The molecule has 4 aromatic rings. The van der Waals surface area contributed by atoms with Gasteiger partial charge in [-0.25, -0.2) is 4.79 Å². The summed E-state index contributed by atoms with van der Waals surface area (Å²) in [5.74, 6) is 1.11. The van der Waals surface area contributed by atoms with Crippen molar-refractivity contribution in [2.75, 3.05) is 14.1 Å². The molecule has 0 saturated carbocycles. The first kappa shape index (κ1) is 16.3. The zero-order valence-electron chi connectivity index (χ0n) is 14.6. The highest BCUT2D eigenvalue weighted by Crippen LogP contribution is 2.19. The van der Waals surface area contributed by atoms with Crippen LogP contribution in [0.15, 0.2) is 51.8 Å². The fourth-order valence-corrected chi connectivity index (χ4v) is 2.93. The smallest absolute Gasteiger partial charge is 0.323 e. The van der Waals surface area contributed by atoms with Crippen molar-refractivity contribution in [2.45, 2.75) is 13.0 Å². The Morgan fingerprint density at radius 1 is 1.00 bits per heavy atom. The van der Waals surface area contributed by atoms with Crippen LogP contribution in [0.25, 0.3) is 22.4 Å². The SMILES string of the molecule is CN(C)Cc1ccc(-c2noc(Cc3ccc4[nH]c(=O)[nH]c4c3)n2)cc1. The Bertz CT molecular complexity index is 1090. The molecular weight excluding hydrogens is 330 g/mol. The van der Waals surface area contributed by atoms with Gasteiger partial charge in [0.05, 0.1) is 17.5 Å². The van der Waals surface area contributed by atoms with Gasteiger partial charge in [-0.2, -0.15) is 4.98 Å². The fraction of sp³-hybridized carbons (Fsp3) is 0.211. The van der Waals surface area contributed by atoms with Crippen molar-refractivity contribution in [2.24, 2.45) is 0 Å². The first-order valence-corrected chi connectivity index (χ1v) is 8.34. The average molecular weight is 349 g/mol. The fourth-order valence-electron chi connectivity index (χ4n) is 2.93. The van der Waals surface area contributed by atoms with Gasteiger partial charge in [-0.1, -0.05) is 35.5 Å². The van der Waals surface area contributed by atoms with E-state index in [0.29, 0.717) is 18.1 Å². The van der Waals surface area contributed by atoms with Gasteiger partial charge in [-0.15, -0.1) is 0 Å². The minimum absolute atomic E-state index is 0.213. The molecule has 7 heteroatoms. The number of benzene rings is 2. The Morgan fingerprint density at radius 3 is 2.50 bits per heavy atom. The third-order valence-corrected chi connectivity index (χ3v) is 4.11. The molecule has 0 unspecified atom stereocenters. The minimum Gasteiger partial charge on any atom is -0.339 e. The lowest BCUT2D eigenvalue weighted by Crippen LogP contribution is -2.10. The predicted octanol–water partition coefficient (Wildman–Crippen LogP) is 2.56. The molecule has 0 aliphatic carbocycles. The number of hydrogen-bond donors (Lipinski definition) is 2. The molecule has 0 saturated heterocycles. The quantitative estimate of drug-likeness (QED) is 0.578. The number of nitrogens with zero attached hydrogens (tertiary/aromatic N) is 3. The van der Waals surface area contributed by atoms with Crippen LogP contribution in [0.5, 0.6) is 0 Å². The first-order valence-electron chi connectivity index (χ1n) is 8.34. The summed E-state index contributed by atoms with van der Waals surface area (Å²) in [5.41, 5.74) is 4.48. The highest BCUT2D eigenvalue weighted by Gasteiger charge is 2.10. The molecule has 2 heterocycles. The molecule has 2 aromatic heterocycles. The normalized spacial score (nSPS) is 11.5. The van der Waals surface area contributed by atoms with Crippen molar-refractivity contribution in [3.63, 3.8) is 0 Å². The molecule has 2 aromatic carbocycles. The van der Waals surface area contributed by atoms with Gasteiger partial charge in [0, 0.05) is 12.1 Å². The van der Waals surface area contributed by atoms with Crippen LogP contribution in [-0.4, -0.2) is 39.1 Å². The van der Waals surface area contributed by atoms with E-state index >= 15 is 0 Å². The van der Waals surface area contributed by atoms with Crippen LogP contribution in [0.1, 0.15) is 17.0 Å². The molecule has 0 bridgehead atoms. The second-order valence-corrected chi connectivity index (χ2v) is 6.58. The van der Waals surface area contributed by atoms with Crippen LogP contribution in [-0.2, 0) is 13.0 Å². The zero-order chi connectivity index (χ0) is 18.1. The number of aromatic nitrogens is 4. The van der Waals surface area contributed by atoms with E-state index in [9.17, 15) is 4.79 Å². The van der Waals surface area contributed by atoms with Crippen LogP contribution >= 0.6 is 0 Å². The molecule has 4 rings (SSSR count). The van der Waals surface area contributed by atoms with Crippen LogP contribution in [0, 0.1) is 0 Å². The highest BCUT2D eigenvalue weighted by molar-refractivity contribution is 5.75. The number of hydrogen-bond acceptors (Lipinski definition) is 5. The van der Waals surface area contributed by atoms with E-state index in [4.69, 9.17) is 4.52 Å². The Hall–Kier alpha value is -3.19. The van der Waals surface area contributed by atoms with Crippen LogP contribution in [0.4, 0.5) is 0 Å². The van der Waals surface area contributed by atoms with E-state index in [1.807, 2.05) is 44.4 Å². The van der Waals surface area contributed by atoms with E-state index in [2.05, 4.69) is 37.1 Å². The third-order valence-electron chi connectivity index (χ3n) is 4.11. The maximum absolute atomic E-state index is 11.3. The molecule has 26 heavy (non-hydrogen) atoms. The molecule has 7 nitrogen and oxygen atoms in total. The van der Waals surface area contributed by atoms with Gasteiger partial charge in [0.1, 0.15) is 0 Å². The van der Waals surface area contributed by atoms with Crippen molar-refractivity contribution in [3.8, 4) is 11.4 Å². The van der Waals surface area contributed by atoms with Crippen molar-refractivity contribution in [1.29, 1.82) is 0 Å². The summed E-state index contributed by atoms with van der Waals surface area (Å²) in [5, 5.41) is 4.08. The molecule has 0 atom stereocenters. The monoisotopic (exact) mass is 349 g/mol. The van der Waals surface area contributed by atoms with Gasteiger partial charge in [0.25, 0.3) is 0 Å². The summed E-state index contributed by atoms with van der Waals surface area (Å²) < 4.78 is 5.39. The number of aromatic amines is 2. The van der Waals surface area contributed by atoms with Crippen molar-refractivity contribution in [3.05, 3.63) is 70.0 Å². The molecule has 0 amide bonds. The van der Waals surface area contributed by atoms with Gasteiger partial charge in [-0.05, 0) is 37.4 Å². The van der Waals surface area contributed by atoms with Crippen molar-refractivity contribution >= 4 is 11.0 Å². The number of imidazole rings is 1. The minimum atomic E-state index is -0.213. The van der Waals surface area contributed by atoms with Crippen LogP contribution in [0.2, 0.25) is 0 Å². The van der Waals surface area contributed by atoms with Crippen molar-refractivity contribution in [1.82, 2.24) is 25.0 Å². The standard InChI is InChI=1S/C19H19N5O2/c1-24(2)11-12-3-6-14(7-4-12)18-22-17(26-23-18)10-13-5-8-15-16(9-13)21-19(25)20-15/h3-9H,10-11H2,1-2H3,(H2,20,21,25). The molecule has 2 N–H and O–H groups in total. The largest absolute Gasteiger partial charge is 0.339 e. The van der Waals surface area contributed by atoms with Gasteiger partial charge < -0.3 is 19.4 Å². The number of nitrogens with one attached hydrogen (secondary N) is 2. The van der Waals surface area contributed by atoms with Crippen molar-refractivity contribution < 1.29 is 4.52 Å². The lowest BCUT2D eigenvalue weighted by Gasteiger charge is -2.09. The van der Waals surface area contributed by atoms with E-state index in [1.54, 1.807) is 0 Å². The van der Waals surface area contributed by atoms with E-state index in [-0.39, 0.29) is 5.69 Å². The predicted molar refractivity (Wildman–Crippen MR) is 98.9 cm³/mol. The van der Waals surface area contributed by atoms with Gasteiger partial charge in [0.15, 0.2) is 0 Å². The Kier molecular flexibility index (Phi) is 4.14. The summed E-state index contributed by atoms with van der Waals surface area (Å²) in [7, 11) is 4.08. The Labute approximate surface area is 149 Å². The van der Waals surface area contributed by atoms with Gasteiger partial charge in [-0.3, -0.25) is 0 Å². The highest BCUT2D eigenvalue weighted by atomic mass is 16.5. The average Bonchev–Trinajstić information content (AvgIpc) is 3.20. The maximum atomic E-state index is 11.3. The summed E-state index contributed by atoms with van der Waals surface area (Å²) in [6, 6.07) is 13.9.